The van der Waals surface area contributed by atoms with E-state index in [1.54, 1.807) is 20.3 Å². The Hall–Kier alpha value is -2.40. The van der Waals surface area contributed by atoms with Crippen molar-refractivity contribution in [2.24, 2.45) is 0 Å². The van der Waals surface area contributed by atoms with Crippen LogP contribution < -0.4 is 20.1 Å². The molecule has 1 amide bonds. The van der Waals surface area contributed by atoms with Crippen LogP contribution in [0.2, 0.25) is 5.02 Å². The van der Waals surface area contributed by atoms with Gasteiger partial charge in [-0.2, -0.15) is 0 Å². The molecule has 1 aliphatic heterocycles. The van der Waals surface area contributed by atoms with Crippen molar-refractivity contribution in [1.29, 1.82) is 0 Å². The summed E-state index contributed by atoms with van der Waals surface area (Å²) in [6, 6.07) is 11.9. The number of para-hydroxylation sites is 1. The van der Waals surface area contributed by atoms with Crippen molar-refractivity contribution >= 4 is 28.9 Å². The molecule has 4 rings (SSSR count). The first-order valence-electron chi connectivity index (χ1n) is 9.16. The molecule has 1 aliphatic carbocycles. The van der Waals surface area contributed by atoms with Crippen LogP contribution in [0.4, 0.5) is 11.4 Å². The van der Waals surface area contributed by atoms with Crippen molar-refractivity contribution < 1.29 is 14.3 Å². The molecule has 27 heavy (non-hydrogen) atoms. The third-order valence-corrected chi connectivity index (χ3v) is 6.09. The van der Waals surface area contributed by atoms with Gasteiger partial charge in [0.25, 0.3) is 0 Å². The van der Waals surface area contributed by atoms with Gasteiger partial charge in [0.2, 0.25) is 5.91 Å². The smallest absolute Gasteiger partial charge is 0.235 e. The molecule has 6 heteroatoms. The normalized spacial score (nSPS) is 23.7. The Morgan fingerprint density at radius 2 is 1.81 bits per heavy atom. The maximum atomic E-state index is 12.7. The van der Waals surface area contributed by atoms with Crippen LogP contribution in [0, 0.1) is 0 Å². The summed E-state index contributed by atoms with van der Waals surface area (Å²) in [4.78, 5) is 12.7. The molecule has 5 nitrogen and oxygen atoms in total. The molecule has 0 radical (unpaired) electrons. The lowest BCUT2D eigenvalue weighted by Gasteiger charge is -2.36. The van der Waals surface area contributed by atoms with Gasteiger partial charge in [-0.05, 0) is 37.3 Å². The summed E-state index contributed by atoms with van der Waals surface area (Å²) in [5.41, 5.74) is 2.56. The number of hydrogen-bond donors (Lipinski definition) is 2. The summed E-state index contributed by atoms with van der Waals surface area (Å²) in [5.74, 6) is 1.43. The second-order valence-corrected chi connectivity index (χ2v) is 7.59. The number of hydrogen-bond acceptors (Lipinski definition) is 4. The standard InChI is InChI=1S/C21H23ClN2O3/c1-26-18-12-17(19(27-2)11-15(18)22)23-13-7-9-21(10-8-13)14-5-3-4-6-16(14)24-20(21)25/h3-6,11-13,23H,7-10H2,1-2H3,(H,24,25). The number of ether oxygens (including phenoxy) is 2. The molecular weight excluding hydrogens is 364 g/mol. The Bertz CT molecular complexity index is 876. The lowest BCUT2D eigenvalue weighted by atomic mass is 9.69. The van der Waals surface area contributed by atoms with Crippen LogP contribution in [0.1, 0.15) is 31.2 Å². The number of methoxy groups -OCH3 is 2. The minimum atomic E-state index is -0.392. The van der Waals surface area contributed by atoms with E-state index in [2.05, 4.69) is 16.7 Å². The van der Waals surface area contributed by atoms with Gasteiger partial charge in [-0.15, -0.1) is 0 Å². The fraction of sp³-hybridized carbons (Fsp3) is 0.381. The van der Waals surface area contributed by atoms with Gasteiger partial charge in [0.1, 0.15) is 11.5 Å². The minimum Gasteiger partial charge on any atom is -0.495 e. The average molecular weight is 387 g/mol. The number of amides is 1. The summed E-state index contributed by atoms with van der Waals surface area (Å²) in [6.45, 7) is 0. The first-order chi connectivity index (χ1) is 13.1. The summed E-state index contributed by atoms with van der Waals surface area (Å²) in [5, 5.41) is 7.12. The van der Waals surface area contributed by atoms with Gasteiger partial charge in [0, 0.05) is 23.9 Å². The molecular formula is C21H23ClN2O3. The van der Waals surface area contributed by atoms with E-state index in [-0.39, 0.29) is 11.9 Å². The highest BCUT2D eigenvalue weighted by Gasteiger charge is 2.48. The first-order valence-corrected chi connectivity index (χ1v) is 9.54. The van der Waals surface area contributed by atoms with Gasteiger partial charge in [-0.25, -0.2) is 0 Å². The van der Waals surface area contributed by atoms with Crippen LogP contribution in [0.5, 0.6) is 11.5 Å². The molecule has 0 unspecified atom stereocenters. The van der Waals surface area contributed by atoms with Crippen molar-refractivity contribution in [1.82, 2.24) is 0 Å². The lowest BCUT2D eigenvalue weighted by Crippen LogP contribution is -2.41. The van der Waals surface area contributed by atoms with E-state index in [9.17, 15) is 4.79 Å². The number of benzene rings is 2. The van der Waals surface area contributed by atoms with Gasteiger partial charge in [0.05, 0.1) is 30.3 Å². The Kier molecular flexibility index (Phi) is 4.64. The summed E-state index contributed by atoms with van der Waals surface area (Å²) < 4.78 is 10.8. The van der Waals surface area contributed by atoms with Gasteiger partial charge in [-0.3, -0.25) is 4.79 Å². The number of fused-ring (bicyclic) bond motifs is 2. The predicted molar refractivity (Wildman–Crippen MR) is 107 cm³/mol. The SMILES string of the molecule is COc1cc(NC2CCC3(CC2)C(=O)Nc2ccccc23)c(OC)cc1Cl. The summed E-state index contributed by atoms with van der Waals surface area (Å²) in [6.07, 6.45) is 3.44. The van der Waals surface area contributed by atoms with Crippen LogP contribution in [-0.4, -0.2) is 26.2 Å². The van der Waals surface area contributed by atoms with Gasteiger partial charge >= 0.3 is 0 Å². The minimum absolute atomic E-state index is 0.132. The van der Waals surface area contributed by atoms with Crippen LogP contribution in [-0.2, 0) is 10.2 Å². The largest absolute Gasteiger partial charge is 0.495 e. The summed E-state index contributed by atoms with van der Waals surface area (Å²) in [7, 11) is 3.22. The molecule has 2 aromatic carbocycles. The van der Waals surface area contributed by atoms with Gasteiger partial charge in [0.15, 0.2) is 0 Å². The molecule has 1 spiro atoms. The summed E-state index contributed by atoms with van der Waals surface area (Å²) >= 11 is 6.19. The highest BCUT2D eigenvalue weighted by Crippen LogP contribution is 2.48. The lowest BCUT2D eigenvalue weighted by molar-refractivity contribution is -0.122. The molecule has 1 heterocycles. The van der Waals surface area contributed by atoms with Crippen LogP contribution >= 0.6 is 11.6 Å². The molecule has 0 atom stereocenters. The molecule has 0 saturated heterocycles. The van der Waals surface area contributed by atoms with Crippen molar-refractivity contribution in [2.75, 3.05) is 24.9 Å². The van der Waals surface area contributed by atoms with E-state index in [1.807, 2.05) is 24.3 Å². The fourth-order valence-electron chi connectivity index (χ4n) is 4.32. The number of anilines is 2. The van der Waals surface area contributed by atoms with E-state index in [0.717, 1.165) is 42.6 Å². The Balaban J connectivity index is 1.52. The molecule has 0 aromatic heterocycles. The third kappa shape index (κ3) is 3.00. The number of halogens is 1. The van der Waals surface area contributed by atoms with E-state index in [0.29, 0.717) is 16.5 Å². The number of rotatable bonds is 4. The van der Waals surface area contributed by atoms with Gasteiger partial charge < -0.3 is 20.1 Å². The second kappa shape index (κ2) is 6.97. The Morgan fingerprint density at radius 1 is 1.11 bits per heavy atom. The number of nitrogens with one attached hydrogen (secondary N) is 2. The first kappa shape index (κ1) is 18.0. The predicted octanol–water partition coefficient (Wildman–Crippen LogP) is 4.60. The van der Waals surface area contributed by atoms with E-state index >= 15 is 0 Å². The molecule has 1 saturated carbocycles. The molecule has 2 aliphatic rings. The number of carbonyl (C=O) groups excluding carboxylic acids is 1. The van der Waals surface area contributed by atoms with Crippen molar-refractivity contribution in [3.05, 3.63) is 47.0 Å². The van der Waals surface area contributed by atoms with Crippen LogP contribution in [0.25, 0.3) is 0 Å². The Morgan fingerprint density at radius 3 is 2.52 bits per heavy atom. The highest BCUT2D eigenvalue weighted by atomic mass is 35.5. The van der Waals surface area contributed by atoms with E-state index in [1.165, 1.54) is 0 Å². The third-order valence-electron chi connectivity index (χ3n) is 5.80. The quantitative estimate of drug-likeness (QED) is 0.806. The second-order valence-electron chi connectivity index (χ2n) is 7.19. The molecule has 1 fully saturated rings. The fourth-order valence-corrected chi connectivity index (χ4v) is 4.55. The highest BCUT2D eigenvalue weighted by molar-refractivity contribution is 6.32. The van der Waals surface area contributed by atoms with Crippen molar-refractivity contribution in [3.63, 3.8) is 0 Å². The monoisotopic (exact) mass is 386 g/mol. The maximum Gasteiger partial charge on any atom is 0.235 e. The zero-order chi connectivity index (χ0) is 19.0. The topological polar surface area (TPSA) is 59.6 Å². The zero-order valence-corrected chi connectivity index (χ0v) is 16.2. The van der Waals surface area contributed by atoms with E-state index < -0.39 is 5.41 Å². The zero-order valence-electron chi connectivity index (χ0n) is 15.5. The number of carbonyl (C=O) groups is 1. The molecule has 142 valence electrons. The van der Waals surface area contributed by atoms with Crippen molar-refractivity contribution in [2.45, 2.75) is 37.1 Å². The van der Waals surface area contributed by atoms with E-state index in [4.69, 9.17) is 21.1 Å². The average Bonchev–Trinajstić information content (AvgIpc) is 2.96. The van der Waals surface area contributed by atoms with Crippen LogP contribution in [0.3, 0.4) is 0 Å². The molecule has 0 bridgehead atoms. The molecule has 2 N–H and O–H groups in total. The Labute approximate surface area is 164 Å². The maximum absolute atomic E-state index is 12.7. The molecule has 2 aromatic rings. The van der Waals surface area contributed by atoms with Crippen LogP contribution in [0.15, 0.2) is 36.4 Å². The van der Waals surface area contributed by atoms with Crippen molar-refractivity contribution in [3.8, 4) is 11.5 Å². The van der Waals surface area contributed by atoms with Gasteiger partial charge in [-0.1, -0.05) is 29.8 Å².